The molecule has 0 aliphatic carbocycles. The Kier molecular flexibility index (Phi) is 4.51. The molecule has 2 aromatic carbocycles. The summed E-state index contributed by atoms with van der Waals surface area (Å²) in [5.41, 5.74) is 4.65. The molecule has 2 aliphatic heterocycles. The summed E-state index contributed by atoms with van der Waals surface area (Å²) < 4.78 is 19.1. The van der Waals surface area contributed by atoms with Crippen molar-refractivity contribution in [3.8, 4) is 51.5 Å². The first kappa shape index (κ1) is 20.0. The normalized spacial score (nSPS) is 13.4. The SMILES string of the molecule is N#Cc1c(-c2ccc(-c3ccc(Cl)c(Cl)c3)o2)cc2n(c1=N)CCc1cc3c(cc1-2)OCO3. The fraction of sp³-hybridized carbons (Fsp3) is 0.120. The molecule has 162 valence electrons. The van der Waals surface area contributed by atoms with Gasteiger partial charge in [0.1, 0.15) is 28.6 Å². The van der Waals surface area contributed by atoms with Gasteiger partial charge in [-0.25, -0.2) is 0 Å². The van der Waals surface area contributed by atoms with Crippen LogP contribution < -0.4 is 15.0 Å². The highest BCUT2D eigenvalue weighted by atomic mass is 35.5. The van der Waals surface area contributed by atoms with Gasteiger partial charge in [0.15, 0.2) is 11.5 Å². The number of hydrogen-bond acceptors (Lipinski definition) is 5. The molecular formula is C25H15Cl2N3O3. The molecule has 0 radical (unpaired) electrons. The Bertz CT molecular complexity index is 1560. The van der Waals surface area contributed by atoms with Crippen LogP contribution in [0.3, 0.4) is 0 Å². The number of aromatic nitrogens is 1. The molecule has 0 atom stereocenters. The first-order valence-electron chi connectivity index (χ1n) is 10.2. The fourth-order valence-corrected chi connectivity index (χ4v) is 4.68. The maximum Gasteiger partial charge on any atom is 0.231 e. The lowest BCUT2D eigenvalue weighted by molar-refractivity contribution is 0.174. The van der Waals surface area contributed by atoms with Gasteiger partial charge in [0.05, 0.1) is 15.7 Å². The average molecular weight is 476 g/mol. The van der Waals surface area contributed by atoms with Crippen molar-refractivity contribution < 1.29 is 13.9 Å². The van der Waals surface area contributed by atoms with Crippen LogP contribution in [0.15, 0.2) is 52.9 Å². The predicted molar refractivity (Wildman–Crippen MR) is 123 cm³/mol. The zero-order valence-electron chi connectivity index (χ0n) is 17.1. The van der Waals surface area contributed by atoms with Crippen LogP contribution in [0.2, 0.25) is 10.0 Å². The maximum absolute atomic E-state index is 9.88. The molecule has 0 saturated heterocycles. The second kappa shape index (κ2) is 7.45. The monoisotopic (exact) mass is 475 g/mol. The van der Waals surface area contributed by atoms with E-state index in [-0.39, 0.29) is 17.8 Å². The van der Waals surface area contributed by atoms with E-state index >= 15 is 0 Å². The lowest BCUT2D eigenvalue weighted by atomic mass is 9.94. The number of rotatable bonds is 2. The van der Waals surface area contributed by atoms with E-state index in [0.717, 1.165) is 34.6 Å². The first-order chi connectivity index (χ1) is 16.0. The zero-order chi connectivity index (χ0) is 22.7. The van der Waals surface area contributed by atoms with Crippen molar-refractivity contribution in [2.75, 3.05) is 6.79 Å². The third-order valence-corrected chi connectivity index (χ3v) is 6.75. The number of aryl methyl sites for hydroxylation is 1. The number of pyridine rings is 1. The molecule has 2 aromatic heterocycles. The van der Waals surface area contributed by atoms with Gasteiger partial charge in [-0.05, 0) is 60.5 Å². The van der Waals surface area contributed by atoms with Crippen LogP contribution in [0.25, 0.3) is 33.9 Å². The third kappa shape index (κ3) is 3.12. The zero-order valence-corrected chi connectivity index (χ0v) is 18.6. The van der Waals surface area contributed by atoms with Gasteiger partial charge in [0.2, 0.25) is 6.79 Å². The Morgan fingerprint density at radius 3 is 2.48 bits per heavy atom. The van der Waals surface area contributed by atoms with E-state index in [1.807, 2.05) is 34.9 Å². The van der Waals surface area contributed by atoms with Gasteiger partial charge in [-0.15, -0.1) is 0 Å². The number of hydrogen-bond donors (Lipinski definition) is 1. The van der Waals surface area contributed by atoms with Crippen molar-refractivity contribution in [1.82, 2.24) is 4.57 Å². The van der Waals surface area contributed by atoms with E-state index in [2.05, 4.69) is 6.07 Å². The van der Waals surface area contributed by atoms with Crippen LogP contribution in [0.5, 0.6) is 11.5 Å². The first-order valence-corrected chi connectivity index (χ1v) is 11.0. The Balaban J connectivity index is 1.52. The molecule has 0 spiro atoms. The van der Waals surface area contributed by atoms with E-state index in [4.69, 9.17) is 42.5 Å². The molecule has 0 unspecified atom stereocenters. The molecular weight excluding hydrogens is 461 g/mol. The summed E-state index contributed by atoms with van der Waals surface area (Å²) in [7, 11) is 0. The molecule has 0 amide bonds. The molecule has 0 fully saturated rings. The predicted octanol–water partition coefficient (Wildman–Crippen LogP) is 6.02. The van der Waals surface area contributed by atoms with Crippen LogP contribution in [-0.2, 0) is 13.0 Å². The molecule has 0 saturated carbocycles. The molecule has 6 nitrogen and oxygen atoms in total. The highest BCUT2D eigenvalue weighted by Crippen LogP contribution is 2.42. The summed E-state index contributed by atoms with van der Waals surface area (Å²) in [4.78, 5) is 0. The van der Waals surface area contributed by atoms with Crippen LogP contribution in [-0.4, -0.2) is 11.4 Å². The van der Waals surface area contributed by atoms with Crippen LogP contribution in [0.4, 0.5) is 0 Å². The number of fused-ring (bicyclic) bond motifs is 4. The molecule has 2 aliphatic rings. The minimum absolute atomic E-state index is 0.154. The summed E-state index contributed by atoms with van der Waals surface area (Å²) in [6, 6.07) is 16.9. The molecule has 33 heavy (non-hydrogen) atoms. The van der Waals surface area contributed by atoms with Crippen molar-refractivity contribution in [3.63, 3.8) is 0 Å². The van der Waals surface area contributed by atoms with Gasteiger partial charge in [-0.3, -0.25) is 5.41 Å². The molecule has 8 heteroatoms. The molecule has 0 bridgehead atoms. The number of nitrogens with one attached hydrogen (secondary N) is 1. The van der Waals surface area contributed by atoms with E-state index in [0.29, 0.717) is 39.4 Å². The molecule has 1 N–H and O–H groups in total. The van der Waals surface area contributed by atoms with Gasteiger partial charge in [-0.2, -0.15) is 5.26 Å². The van der Waals surface area contributed by atoms with Crippen molar-refractivity contribution in [2.45, 2.75) is 13.0 Å². The highest BCUT2D eigenvalue weighted by molar-refractivity contribution is 6.42. The lowest BCUT2D eigenvalue weighted by Gasteiger charge is -2.24. The van der Waals surface area contributed by atoms with Gasteiger partial charge in [-0.1, -0.05) is 23.2 Å². The Labute approximate surface area is 198 Å². The largest absolute Gasteiger partial charge is 0.456 e. The highest BCUT2D eigenvalue weighted by Gasteiger charge is 2.25. The average Bonchev–Trinajstić information content (AvgIpc) is 3.48. The summed E-state index contributed by atoms with van der Waals surface area (Å²) >= 11 is 12.2. The minimum atomic E-state index is 0.154. The molecule has 4 aromatic rings. The van der Waals surface area contributed by atoms with E-state index < -0.39 is 0 Å². The van der Waals surface area contributed by atoms with Crippen molar-refractivity contribution in [2.24, 2.45) is 0 Å². The third-order valence-electron chi connectivity index (χ3n) is 6.01. The topological polar surface area (TPSA) is 84.2 Å². The summed E-state index contributed by atoms with van der Waals surface area (Å²) in [6.07, 6.45) is 0.738. The number of halogens is 2. The number of nitrogens with zero attached hydrogens (tertiary/aromatic N) is 2. The van der Waals surface area contributed by atoms with Crippen molar-refractivity contribution in [1.29, 1.82) is 10.7 Å². The standard InChI is InChI=1S/C25H15Cl2N3O3/c26-18-2-1-14(7-19(18)27)21-3-4-22(33-21)16-9-20-15-10-24-23(31-12-32-24)8-13(15)5-6-30(20)25(29)17(16)11-28/h1-4,7-10,29H,5-6,12H2. The summed E-state index contributed by atoms with van der Waals surface area (Å²) in [5.74, 6) is 2.50. The molecule has 6 rings (SSSR count). The van der Waals surface area contributed by atoms with Crippen LogP contribution in [0, 0.1) is 16.7 Å². The Hall–Kier alpha value is -3.66. The summed E-state index contributed by atoms with van der Waals surface area (Å²) in [6.45, 7) is 0.798. The number of furan rings is 1. The van der Waals surface area contributed by atoms with Gasteiger partial charge < -0.3 is 18.5 Å². The Morgan fingerprint density at radius 2 is 1.70 bits per heavy atom. The van der Waals surface area contributed by atoms with Crippen LogP contribution in [0.1, 0.15) is 11.1 Å². The van der Waals surface area contributed by atoms with Gasteiger partial charge in [0.25, 0.3) is 0 Å². The quantitative estimate of drug-likeness (QED) is 0.383. The maximum atomic E-state index is 9.88. The number of nitriles is 1. The van der Waals surface area contributed by atoms with Crippen LogP contribution >= 0.6 is 23.2 Å². The second-order valence-corrected chi connectivity index (χ2v) is 8.65. The minimum Gasteiger partial charge on any atom is -0.456 e. The fourth-order valence-electron chi connectivity index (χ4n) is 4.38. The van der Waals surface area contributed by atoms with Gasteiger partial charge >= 0.3 is 0 Å². The van der Waals surface area contributed by atoms with Gasteiger partial charge in [0, 0.05) is 23.2 Å². The van der Waals surface area contributed by atoms with E-state index in [1.165, 1.54) is 0 Å². The van der Waals surface area contributed by atoms with E-state index in [9.17, 15) is 5.26 Å². The Morgan fingerprint density at radius 1 is 0.909 bits per heavy atom. The van der Waals surface area contributed by atoms with Crippen molar-refractivity contribution >= 4 is 23.2 Å². The number of benzene rings is 2. The lowest BCUT2D eigenvalue weighted by Crippen LogP contribution is -2.28. The molecule has 4 heterocycles. The number of ether oxygens (including phenoxy) is 2. The smallest absolute Gasteiger partial charge is 0.231 e. The second-order valence-electron chi connectivity index (χ2n) is 7.84. The summed E-state index contributed by atoms with van der Waals surface area (Å²) in [5, 5.41) is 19.5. The van der Waals surface area contributed by atoms with Crippen molar-refractivity contribution in [3.05, 3.63) is 75.2 Å². The van der Waals surface area contributed by atoms with E-state index in [1.54, 1.807) is 18.2 Å².